The fourth-order valence-electron chi connectivity index (χ4n) is 1.85. The molecule has 0 aliphatic rings. The SMILES string of the molecule is COc1c(C(C)=O)c(O)c(C)c2occc12. The third-order valence-electron chi connectivity index (χ3n) is 2.63. The van der Waals surface area contributed by atoms with E-state index in [9.17, 15) is 9.90 Å². The summed E-state index contributed by atoms with van der Waals surface area (Å²) in [7, 11) is 1.46. The maximum Gasteiger partial charge on any atom is 0.167 e. The normalized spacial score (nSPS) is 10.7. The maximum atomic E-state index is 11.5. The number of carbonyl (C=O) groups is 1. The largest absolute Gasteiger partial charge is 0.507 e. The molecule has 2 aromatic rings. The number of Topliss-reactive ketones (excluding diaryl/α,β-unsaturated/α-hetero) is 1. The van der Waals surface area contributed by atoms with E-state index in [0.717, 1.165) is 0 Å². The summed E-state index contributed by atoms with van der Waals surface area (Å²) in [5, 5.41) is 10.6. The summed E-state index contributed by atoms with van der Waals surface area (Å²) in [5.41, 5.74) is 1.29. The lowest BCUT2D eigenvalue weighted by molar-refractivity contribution is 0.101. The molecule has 0 atom stereocenters. The number of phenolic OH excluding ortho intramolecular Hbond substituents is 1. The van der Waals surface area contributed by atoms with Crippen LogP contribution in [0, 0.1) is 6.92 Å². The Morgan fingerprint density at radius 2 is 2.19 bits per heavy atom. The van der Waals surface area contributed by atoms with Crippen LogP contribution in [-0.4, -0.2) is 18.0 Å². The summed E-state index contributed by atoms with van der Waals surface area (Å²) in [5.74, 6) is 0.0479. The van der Waals surface area contributed by atoms with Gasteiger partial charge in [-0.3, -0.25) is 4.79 Å². The first-order chi connectivity index (χ1) is 7.57. The highest BCUT2D eigenvalue weighted by molar-refractivity contribution is 6.06. The molecule has 16 heavy (non-hydrogen) atoms. The number of furan rings is 1. The van der Waals surface area contributed by atoms with E-state index in [-0.39, 0.29) is 17.1 Å². The van der Waals surface area contributed by atoms with E-state index in [2.05, 4.69) is 0 Å². The molecule has 4 heteroatoms. The number of aryl methyl sites for hydroxylation is 1. The van der Waals surface area contributed by atoms with Crippen molar-refractivity contribution in [1.29, 1.82) is 0 Å². The van der Waals surface area contributed by atoms with Crippen molar-refractivity contribution >= 4 is 16.8 Å². The van der Waals surface area contributed by atoms with Crippen LogP contribution in [0.15, 0.2) is 16.7 Å². The Hall–Kier alpha value is -1.97. The first-order valence-corrected chi connectivity index (χ1v) is 4.85. The summed E-state index contributed by atoms with van der Waals surface area (Å²) >= 11 is 0. The van der Waals surface area contributed by atoms with Gasteiger partial charge in [-0.15, -0.1) is 0 Å². The molecule has 0 fully saturated rings. The van der Waals surface area contributed by atoms with Crippen LogP contribution in [0.5, 0.6) is 11.5 Å². The monoisotopic (exact) mass is 220 g/mol. The molecular formula is C12H12O4. The molecule has 0 saturated carbocycles. The molecule has 0 aliphatic carbocycles. The smallest absolute Gasteiger partial charge is 0.167 e. The predicted molar refractivity (Wildman–Crippen MR) is 59.2 cm³/mol. The number of hydrogen-bond acceptors (Lipinski definition) is 4. The van der Waals surface area contributed by atoms with E-state index < -0.39 is 0 Å². The van der Waals surface area contributed by atoms with Crippen molar-refractivity contribution in [2.75, 3.05) is 7.11 Å². The molecule has 0 unspecified atom stereocenters. The van der Waals surface area contributed by atoms with Gasteiger partial charge in [0.05, 0.1) is 18.8 Å². The van der Waals surface area contributed by atoms with E-state index >= 15 is 0 Å². The van der Waals surface area contributed by atoms with Gasteiger partial charge in [0.1, 0.15) is 22.6 Å². The predicted octanol–water partition coefficient (Wildman–Crippen LogP) is 2.66. The highest BCUT2D eigenvalue weighted by Crippen LogP contribution is 2.40. The fraction of sp³-hybridized carbons (Fsp3) is 0.250. The average molecular weight is 220 g/mol. The Morgan fingerprint density at radius 1 is 1.50 bits per heavy atom. The van der Waals surface area contributed by atoms with Gasteiger partial charge in [0.2, 0.25) is 0 Å². The number of rotatable bonds is 2. The van der Waals surface area contributed by atoms with Crippen LogP contribution in [0.1, 0.15) is 22.8 Å². The first kappa shape index (κ1) is 10.5. The number of benzene rings is 1. The van der Waals surface area contributed by atoms with Crippen molar-refractivity contribution in [3.05, 3.63) is 23.5 Å². The minimum absolute atomic E-state index is 0.0770. The molecule has 0 saturated heterocycles. The third-order valence-corrected chi connectivity index (χ3v) is 2.63. The van der Waals surface area contributed by atoms with Crippen LogP contribution in [0.25, 0.3) is 11.0 Å². The Morgan fingerprint density at radius 3 is 2.75 bits per heavy atom. The molecule has 2 rings (SSSR count). The Kier molecular flexibility index (Phi) is 2.34. The Labute approximate surface area is 92.4 Å². The van der Waals surface area contributed by atoms with Crippen LogP contribution < -0.4 is 4.74 Å². The summed E-state index contributed by atoms with van der Waals surface area (Å²) in [6.07, 6.45) is 1.50. The van der Waals surface area contributed by atoms with Gasteiger partial charge in [-0.25, -0.2) is 0 Å². The molecule has 0 spiro atoms. The van der Waals surface area contributed by atoms with Gasteiger partial charge in [0, 0.05) is 5.56 Å². The fourth-order valence-corrected chi connectivity index (χ4v) is 1.85. The molecule has 1 N–H and O–H groups in total. The molecule has 1 aromatic carbocycles. The van der Waals surface area contributed by atoms with E-state index in [1.807, 2.05) is 0 Å². The number of ketones is 1. The summed E-state index contributed by atoms with van der Waals surface area (Å²) in [6.45, 7) is 3.09. The van der Waals surface area contributed by atoms with Gasteiger partial charge in [-0.2, -0.15) is 0 Å². The van der Waals surface area contributed by atoms with Crippen molar-refractivity contribution in [3.63, 3.8) is 0 Å². The number of hydrogen-bond donors (Lipinski definition) is 1. The van der Waals surface area contributed by atoms with E-state index in [1.54, 1.807) is 13.0 Å². The first-order valence-electron chi connectivity index (χ1n) is 4.85. The van der Waals surface area contributed by atoms with Gasteiger partial charge < -0.3 is 14.3 Å². The zero-order valence-electron chi connectivity index (χ0n) is 9.33. The quantitative estimate of drug-likeness (QED) is 0.790. The van der Waals surface area contributed by atoms with Gasteiger partial charge in [-0.1, -0.05) is 0 Å². The maximum absolute atomic E-state index is 11.5. The Balaban J connectivity index is 2.97. The topological polar surface area (TPSA) is 59.7 Å². The van der Waals surface area contributed by atoms with Crippen LogP contribution in [0.2, 0.25) is 0 Å². The van der Waals surface area contributed by atoms with Crippen LogP contribution >= 0.6 is 0 Å². The van der Waals surface area contributed by atoms with Gasteiger partial charge >= 0.3 is 0 Å². The zero-order valence-corrected chi connectivity index (χ0v) is 9.33. The van der Waals surface area contributed by atoms with E-state index in [1.165, 1.54) is 20.3 Å². The number of methoxy groups -OCH3 is 1. The lowest BCUT2D eigenvalue weighted by Gasteiger charge is -2.11. The van der Waals surface area contributed by atoms with Crippen molar-refractivity contribution in [3.8, 4) is 11.5 Å². The molecule has 84 valence electrons. The second-order valence-electron chi connectivity index (χ2n) is 3.60. The molecule has 0 radical (unpaired) electrons. The molecule has 0 bridgehead atoms. The number of ether oxygens (including phenoxy) is 1. The van der Waals surface area contributed by atoms with Crippen molar-refractivity contribution in [1.82, 2.24) is 0 Å². The van der Waals surface area contributed by atoms with Gasteiger partial charge in [0.25, 0.3) is 0 Å². The molecule has 0 aliphatic heterocycles. The third kappa shape index (κ3) is 1.26. The van der Waals surface area contributed by atoms with E-state index in [4.69, 9.17) is 9.15 Å². The number of fused-ring (bicyclic) bond motifs is 1. The molecular weight excluding hydrogens is 208 g/mol. The minimum Gasteiger partial charge on any atom is -0.507 e. The van der Waals surface area contributed by atoms with Crippen molar-refractivity contribution < 1.29 is 19.1 Å². The highest BCUT2D eigenvalue weighted by atomic mass is 16.5. The van der Waals surface area contributed by atoms with Crippen molar-refractivity contribution in [2.24, 2.45) is 0 Å². The molecule has 1 heterocycles. The second kappa shape index (κ2) is 3.56. The van der Waals surface area contributed by atoms with Crippen LogP contribution in [0.3, 0.4) is 0 Å². The molecule has 4 nitrogen and oxygen atoms in total. The highest BCUT2D eigenvalue weighted by Gasteiger charge is 2.22. The molecule has 1 aromatic heterocycles. The second-order valence-corrected chi connectivity index (χ2v) is 3.60. The lowest BCUT2D eigenvalue weighted by atomic mass is 10.0. The van der Waals surface area contributed by atoms with Crippen molar-refractivity contribution in [2.45, 2.75) is 13.8 Å². The molecule has 0 amide bonds. The van der Waals surface area contributed by atoms with Gasteiger partial charge in [-0.05, 0) is 19.9 Å². The van der Waals surface area contributed by atoms with E-state index in [0.29, 0.717) is 22.3 Å². The average Bonchev–Trinajstić information content (AvgIpc) is 2.71. The van der Waals surface area contributed by atoms with Crippen LogP contribution in [0.4, 0.5) is 0 Å². The number of aromatic hydroxyl groups is 1. The van der Waals surface area contributed by atoms with Gasteiger partial charge in [0.15, 0.2) is 5.78 Å². The van der Waals surface area contributed by atoms with Crippen LogP contribution in [-0.2, 0) is 0 Å². The standard InChI is InChI=1S/C12H12O4/c1-6-10(14)9(7(2)13)12(15-3)8-4-5-16-11(6)8/h4-5,14H,1-3H3. The summed E-state index contributed by atoms with van der Waals surface area (Å²) < 4.78 is 10.4. The summed E-state index contributed by atoms with van der Waals surface area (Å²) in [6, 6.07) is 1.72. The number of carbonyl (C=O) groups excluding carboxylic acids is 1. The lowest BCUT2D eigenvalue weighted by Crippen LogP contribution is -2.00. The summed E-state index contributed by atoms with van der Waals surface area (Å²) in [4.78, 5) is 11.5. The Bertz CT molecular complexity index is 566. The minimum atomic E-state index is -0.236. The number of phenols is 1. The zero-order chi connectivity index (χ0) is 11.9.